The van der Waals surface area contributed by atoms with Crippen LogP contribution in [-0.4, -0.2) is 29.3 Å². The van der Waals surface area contributed by atoms with Gasteiger partial charge in [-0.1, -0.05) is 0 Å². The molecule has 5 nitrogen and oxygen atoms in total. The summed E-state index contributed by atoms with van der Waals surface area (Å²) in [6.07, 6.45) is 2.53. The van der Waals surface area contributed by atoms with Crippen molar-refractivity contribution in [1.82, 2.24) is 15.5 Å². The summed E-state index contributed by atoms with van der Waals surface area (Å²) in [5.41, 5.74) is 2.64. The van der Waals surface area contributed by atoms with Gasteiger partial charge in [0.05, 0.1) is 24.1 Å². The molecule has 2 aromatic heterocycles. The fourth-order valence-corrected chi connectivity index (χ4v) is 2.89. The first-order chi connectivity index (χ1) is 9.34. The number of aromatic amines is 1. The van der Waals surface area contributed by atoms with Crippen LogP contribution in [0.1, 0.15) is 34.0 Å². The van der Waals surface area contributed by atoms with Crippen LogP contribution in [0.15, 0.2) is 23.0 Å². The van der Waals surface area contributed by atoms with Gasteiger partial charge in [-0.15, -0.1) is 0 Å². The third-order valence-corrected chi connectivity index (χ3v) is 4.02. The van der Waals surface area contributed by atoms with Crippen LogP contribution in [0.2, 0.25) is 0 Å². The highest BCUT2D eigenvalue weighted by Gasteiger charge is 2.25. The van der Waals surface area contributed by atoms with Crippen molar-refractivity contribution in [3.05, 3.63) is 39.8 Å². The number of nitrogens with zero attached hydrogens (tertiary/aromatic N) is 1. The molecule has 0 aromatic carbocycles. The van der Waals surface area contributed by atoms with E-state index >= 15 is 0 Å². The van der Waals surface area contributed by atoms with Crippen LogP contribution in [0, 0.1) is 0 Å². The zero-order valence-corrected chi connectivity index (χ0v) is 11.2. The number of nitrogens with one attached hydrogen (secondary N) is 2. The van der Waals surface area contributed by atoms with E-state index in [1.54, 1.807) is 17.5 Å². The second-order valence-corrected chi connectivity index (χ2v) is 5.35. The molecule has 2 N–H and O–H groups in total. The SMILES string of the molecule is O=C(NCc1ccsc1)c1cn[nH]c1[C@@H]1CCOC1. The largest absolute Gasteiger partial charge is 0.381 e. The summed E-state index contributed by atoms with van der Waals surface area (Å²) < 4.78 is 5.36. The van der Waals surface area contributed by atoms with E-state index in [2.05, 4.69) is 15.5 Å². The van der Waals surface area contributed by atoms with Crippen molar-refractivity contribution in [1.29, 1.82) is 0 Å². The van der Waals surface area contributed by atoms with E-state index in [9.17, 15) is 4.79 Å². The predicted molar refractivity (Wildman–Crippen MR) is 72.3 cm³/mol. The van der Waals surface area contributed by atoms with E-state index in [0.717, 1.165) is 24.3 Å². The fourth-order valence-electron chi connectivity index (χ4n) is 2.22. The van der Waals surface area contributed by atoms with Gasteiger partial charge in [-0.05, 0) is 28.8 Å². The van der Waals surface area contributed by atoms with Gasteiger partial charge in [0, 0.05) is 19.1 Å². The van der Waals surface area contributed by atoms with E-state index in [1.165, 1.54) is 0 Å². The minimum Gasteiger partial charge on any atom is -0.381 e. The van der Waals surface area contributed by atoms with Gasteiger partial charge in [0.25, 0.3) is 5.91 Å². The summed E-state index contributed by atoms with van der Waals surface area (Å²) in [5.74, 6) is 0.172. The molecule has 2 aromatic rings. The van der Waals surface area contributed by atoms with Crippen molar-refractivity contribution in [2.75, 3.05) is 13.2 Å². The van der Waals surface area contributed by atoms with E-state index < -0.39 is 0 Å². The van der Waals surface area contributed by atoms with E-state index in [1.807, 2.05) is 16.8 Å². The summed E-state index contributed by atoms with van der Waals surface area (Å²) in [7, 11) is 0. The van der Waals surface area contributed by atoms with Crippen LogP contribution in [0.4, 0.5) is 0 Å². The Morgan fingerprint density at radius 3 is 3.32 bits per heavy atom. The maximum absolute atomic E-state index is 12.2. The number of carbonyl (C=O) groups is 1. The van der Waals surface area contributed by atoms with E-state index in [0.29, 0.717) is 18.7 Å². The number of hydrogen-bond acceptors (Lipinski definition) is 4. The number of rotatable bonds is 4. The summed E-state index contributed by atoms with van der Waals surface area (Å²) in [4.78, 5) is 12.2. The molecule has 1 fully saturated rings. The standard InChI is InChI=1S/C13H15N3O2S/c17-13(14-5-9-2-4-19-8-9)11-6-15-16-12(11)10-1-3-18-7-10/h2,4,6,8,10H,1,3,5,7H2,(H,14,17)(H,15,16)/t10-/m1/s1. The van der Waals surface area contributed by atoms with Gasteiger partial charge in [-0.2, -0.15) is 16.4 Å². The Bertz CT molecular complexity index is 544. The van der Waals surface area contributed by atoms with Crippen LogP contribution in [0.25, 0.3) is 0 Å². The molecule has 6 heteroatoms. The highest BCUT2D eigenvalue weighted by atomic mass is 32.1. The van der Waals surface area contributed by atoms with Gasteiger partial charge in [0.15, 0.2) is 0 Å². The second kappa shape index (κ2) is 5.54. The van der Waals surface area contributed by atoms with E-state index in [-0.39, 0.29) is 11.8 Å². The van der Waals surface area contributed by atoms with E-state index in [4.69, 9.17) is 4.74 Å². The zero-order chi connectivity index (χ0) is 13.1. The molecule has 0 radical (unpaired) electrons. The molecule has 0 spiro atoms. The minimum atomic E-state index is -0.0816. The number of carbonyl (C=O) groups excluding carboxylic acids is 1. The highest BCUT2D eigenvalue weighted by Crippen LogP contribution is 2.26. The second-order valence-electron chi connectivity index (χ2n) is 4.57. The first-order valence-electron chi connectivity index (χ1n) is 6.25. The predicted octanol–water partition coefficient (Wildman–Crippen LogP) is 1.91. The van der Waals surface area contributed by atoms with Gasteiger partial charge in [0.2, 0.25) is 0 Å². The maximum Gasteiger partial charge on any atom is 0.255 e. The van der Waals surface area contributed by atoms with Gasteiger partial charge in [0.1, 0.15) is 0 Å². The van der Waals surface area contributed by atoms with Gasteiger partial charge >= 0.3 is 0 Å². The Morgan fingerprint density at radius 1 is 1.63 bits per heavy atom. The lowest BCUT2D eigenvalue weighted by Gasteiger charge is -2.08. The third kappa shape index (κ3) is 2.69. The Morgan fingerprint density at radius 2 is 2.58 bits per heavy atom. The Hall–Kier alpha value is -1.66. The highest BCUT2D eigenvalue weighted by molar-refractivity contribution is 7.07. The van der Waals surface area contributed by atoms with Crippen LogP contribution < -0.4 is 5.32 Å². The number of thiophene rings is 1. The van der Waals surface area contributed by atoms with Crippen molar-refractivity contribution < 1.29 is 9.53 Å². The van der Waals surface area contributed by atoms with Gasteiger partial charge in [-0.25, -0.2) is 0 Å². The lowest BCUT2D eigenvalue weighted by molar-refractivity contribution is 0.0949. The molecule has 3 heterocycles. The number of aromatic nitrogens is 2. The quantitative estimate of drug-likeness (QED) is 0.897. The molecular formula is C13H15N3O2S. The summed E-state index contributed by atoms with van der Waals surface area (Å²) in [6, 6.07) is 2.01. The molecule has 0 bridgehead atoms. The van der Waals surface area contributed by atoms with Gasteiger partial charge < -0.3 is 10.1 Å². The molecule has 1 aliphatic rings. The first-order valence-corrected chi connectivity index (χ1v) is 7.19. The molecule has 100 valence electrons. The third-order valence-electron chi connectivity index (χ3n) is 3.28. The molecule has 1 atom stereocenters. The summed E-state index contributed by atoms with van der Waals surface area (Å²) in [5, 5.41) is 13.9. The molecule has 1 aliphatic heterocycles. The van der Waals surface area contributed by atoms with Crippen molar-refractivity contribution in [3.63, 3.8) is 0 Å². The van der Waals surface area contributed by atoms with Crippen LogP contribution in [0.3, 0.4) is 0 Å². The topological polar surface area (TPSA) is 67.0 Å². The van der Waals surface area contributed by atoms with Crippen LogP contribution >= 0.6 is 11.3 Å². The monoisotopic (exact) mass is 277 g/mol. The fraction of sp³-hybridized carbons (Fsp3) is 0.385. The lowest BCUT2D eigenvalue weighted by atomic mass is 10.0. The Balaban J connectivity index is 1.67. The molecule has 19 heavy (non-hydrogen) atoms. The average Bonchev–Trinajstić information content (AvgIpc) is 3.14. The smallest absolute Gasteiger partial charge is 0.255 e. The molecule has 3 rings (SSSR count). The van der Waals surface area contributed by atoms with Crippen molar-refractivity contribution in [3.8, 4) is 0 Å². The van der Waals surface area contributed by atoms with Gasteiger partial charge in [-0.3, -0.25) is 9.89 Å². The number of hydrogen-bond donors (Lipinski definition) is 2. The number of amides is 1. The number of ether oxygens (including phenoxy) is 1. The molecule has 1 amide bonds. The molecular weight excluding hydrogens is 262 g/mol. The lowest BCUT2D eigenvalue weighted by Crippen LogP contribution is -2.23. The summed E-state index contributed by atoms with van der Waals surface area (Å²) in [6.45, 7) is 1.96. The molecule has 0 aliphatic carbocycles. The summed E-state index contributed by atoms with van der Waals surface area (Å²) >= 11 is 1.63. The molecule has 1 saturated heterocycles. The Labute approximate surface area is 115 Å². The van der Waals surface area contributed by atoms with Crippen molar-refractivity contribution >= 4 is 17.2 Å². The Kier molecular flexibility index (Phi) is 3.61. The maximum atomic E-state index is 12.2. The van der Waals surface area contributed by atoms with Crippen molar-refractivity contribution in [2.24, 2.45) is 0 Å². The first kappa shape index (κ1) is 12.4. The van der Waals surface area contributed by atoms with Crippen LogP contribution in [-0.2, 0) is 11.3 Å². The normalized spacial score (nSPS) is 18.6. The number of H-pyrrole nitrogens is 1. The van der Waals surface area contributed by atoms with Crippen LogP contribution in [0.5, 0.6) is 0 Å². The van der Waals surface area contributed by atoms with Crippen molar-refractivity contribution in [2.45, 2.75) is 18.9 Å². The molecule has 0 saturated carbocycles. The minimum absolute atomic E-state index is 0.0816. The molecule has 0 unspecified atom stereocenters. The average molecular weight is 277 g/mol. The zero-order valence-electron chi connectivity index (χ0n) is 10.4.